The molecule has 0 unspecified atom stereocenters. The minimum absolute atomic E-state index is 0.258. The molecule has 0 aliphatic heterocycles. The van der Waals surface area contributed by atoms with Crippen molar-refractivity contribution in [2.24, 2.45) is 5.10 Å². The van der Waals surface area contributed by atoms with Crippen molar-refractivity contribution in [2.45, 2.75) is 13.8 Å². The Morgan fingerprint density at radius 2 is 1.79 bits per heavy atom. The number of aromatic nitrogens is 1. The number of carbonyl (C=O) groups is 1. The molecule has 0 atom stereocenters. The van der Waals surface area contributed by atoms with Crippen LogP contribution in [0.5, 0.6) is 0 Å². The van der Waals surface area contributed by atoms with Crippen molar-refractivity contribution >= 4 is 58.5 Å². The molecule has 0 bridgehead atoms. The van der Waals surface area contributed by atoms with Crippen molar-refractivity contribution in [2.75, 3.05) is 0 Å². The Balaban J connectivity index is 1.84. The summed E-state index contributed by atoms with van der Waals surface area (Å²) < 4.78 is 1.98. The second-order valence-corrected chi connectivity index (χ2v) is 7.69. The van der Waals surface area contributed by atoms with Crippen LogP contribution in [0.2, 0.25) is 20.1 Å². The Morgan fingerprint density at radius 1 is 1.04 bits per heavy atom. The lowest BCUT2D eigenvalue weighted by Crippen LogP contribution is -2.18. The van der Waals surface area contributed by atoms with Gasteiger partial charge in [-0.05, 0) is 50.2 Å². The Kier molecular flexibility index (Phi) is 6.36. The van der Waals surface area contributed by atoms with E-state index < -0.39 is 5.91 Å². The number of aryl methyl sites for hydroxylation is 1. The van der Waals surface area contributed by atoms with Crippen LogP contribution in [0, 0.1) is 13.8 Å². The van der Waals surface area contributed by atoms with E-state index in [1.807, 2.05) is 36.6 Å². The number of nitrogens with one attached hydrogen (secondary N) is 1. The summed E-state index contributed by atoms with van der Waals surface area (Å²) in [5, 5.41) is 5.71. The molecule has 3 rings (SSSR count). The van der Waals surface area contributed by atoms with Crippen LogP contribution in [0.25, 0.3) is 5.69 Å². The first-order valence-electron chi connectivity index (χ1n) is 8.21. The number of carbonyl (C=O) groups excluding carboxylic acids is 1. The van der Waals surface area contributed by atoms with Gasteiger partial charge in [0.25, 0.3) is 5.91 Å². The minimum Gasteiger partial charge on any atom is -0.316 e. The lowest BCUT2D eigenvalue weighted by atomic mass is 10.2. The predicted octanol–water partition coefficient (Wildman–Crippen LogP) is 6.47. The normalized spacial score (nSPS) is 11.2. The van der Waals surface area contributed by atoms with Crippen LogP contribution in [-0.2, 0) is 0 Å². The quantitative estimate of drug-likeness (QED) is 0.356. The van der Waals surface area contributed by atoms with Crippen molar-refractivity contribution in [3.63, 3.8) is 0 Å². The molecule has 0 fully saturated rings. The molecule has 1 amide bonds. The molecule has 4 nitrogen and oxygen atoms in total. The molecular formula is C20H15Cl4N3O. The van der Waals surface area contributed by atoms with Crippen molar-refractivity contribution < 1.29 is 4.79 Å². The third-order valence-electron chi connectivity index (χ3n) is 4.19. The SMILES string of the molecule is Cc1cc(/C=N\NC(=O)c2ccc(Cl)cc2Cl)c(C)n1-c1cccc(Cl)c1Cl. The largest absolute Gasteiger partial charge is 0.316 e. The highest BCUT2D eigenvalue weighted by Gasteiger charge is 2.14. The van der Waals surface area contributed by atoms with E-state index in [-0.39, 0.29) is 5.02 Å². The molecule has 0 aliphatic rings. The maximum atomic E-state index is 12.2. The summed E-state index contributed by atoms with van der Waals surface area (Å²) in [6.45, 7) is 3.89. The minimum atomic E-state index is -0.426. The number of hydrogen-bond donors (Lipinski definition) is 1. The first-order valence-corrected chi connectivity index (χ1v) is 9.72. The van der Waals surface area contributed by atoms with E-state index in [0.717, 1.165) is 22.6 Å². The van der Waals surface area contributed by atoms with Gasteiger partial charge >= 0.3 is 0 Å². The number of amides is 1. The molecule has 0 radical (unpaired) electrons. The zero-order valence-corrected chi connectivity index (χ0v) is 18.0. The van der Waals surface area contributed by atoms with Crippen molar-refractivity contribution in [1.29, 1.82) is 0 Å². The summed E-state index contributed by atoms with van der Waals surface area (Å²) in [4.78, 5) is 12.2. The fraction of sp³-hybridized carbons (Fsp3) is 0.100. The molecule has 0 aliphatic carbocycles. The zero-order valence-electron chi connectivity index (χ0n) is 14.9. The average molecular weight is 455 g/mol. The number of halogens is 4. The molecule has 0 spiro atoms. The number of benzene rings is 2. The maximum Gasteiger partial charge on any atom is 0.272 e. The van der Waals surface area contributed by atoms with Gasteiger partial charge in [-0.15, -0.1) is 0 Å². The van der Waals surface area contributed by atoms with Crippen LogP contribution < -0.4 is 5.43 Å². The van der Waals surface area contributed by atoms with E-state index in [1.165, 1.54) is 6.07 Å². The highest BCUT2D eigenvalue weighted by atomic mass is 35.5. The Labute approximate surface area is 182 Å². The predicted molar refractivity (Wildman–Crippen MR) is 117 cm³/mol. The van der Waals surface area contributed by atoms with E-state index in [2.05, 4.69) is 10.5 Å². The zero-order chi connectivity index (χ0) is 20.4. The van der Waals surface area contributed by atoms with Gasteiger partial charge in [0.15, 0.2) is 0 Å². The van der Waals surface area contributed by atoms with E-state index in [1.54, 1.807) is 24.4 Å². The topological polar surface area (TPSA) is 46.4 Å². The van der Waals surface area contributed by atoms with Crippen molar-refractivity contribution in [3.8, 4) is 5.69 Å². The number of hydrazone groups is 1. The molecule has 1 N–H and O–H groups in total. The molecule has 1 aromatic heterocycles. The molecule has 3 aromatic rings. The summed E-state index contributed by atoms with van der Waals surface area (Å²) in [5.41, 5.74) is 6.23. The van der Waals surface area contributed by atoms with E-state index >= 15 is 0 Å². The summed E-state index contributed by atoms with van der Waals surface area (Å²) in [7, 11) is 0. The fourth-order valence-electron chi connectivity index (χ4n) is 2.85. The third-order valence-corrected chi connectivity index (χ3v) is 5.54. The molecule has 0 saturated carbocycles. The van der Waals surface area contributed by atoms with Gasteiger partial charge in [-0.1, -0.05) is 52.5 Å². The summed E-state index contributed by atoms with van der Waals surface area (Å²) in [5.74, 6) is -0.426. The van der Waals surface area contributed by atoms with Gasteiger partial charge in [-0.3, -0.25) is 4.79 Å². The lowest BCUT2D eigenvalue weighted by molar-refractivity contribution is 0.0955. The monoisotopic (exact) mass is 453 g/mol. The molecule has 0 saturated heterocycles. The van der Waals surface area contributed by atoms with Gasteiger partial charge < -0.3 is 4.57 Å². The Morgan fingerprint density at radius 3 is 2.50 bits per heavy atom. The Bertz CT molecular complexity index is 1090. The summed E-state index contributed by atoms with van der Waals surface area (Å²) in [6, 6.07) is 12.0. The van der Waals surface area contributed by atoms with Gasteiger partial charge in [-0.25, -0.2) is 5.43 Å². The highest BCUT2D eigenvalue weighted by molar-refractivity contribution is 6.43. The number of rotatable bonds is 4. The van der Waals surface area contributed by atoms with Crippen molar-refractivity contribution in [3.05, 3.63) is 85.1 Å². The second-order valence-electron chi connectivity index (χ2n) is 6.06. The maximum absolute atomic E-state index is 12.2. The standard InChI is InChI=1S/C20H15Cl4N3O/c1-11-8-13(12(2)27(11)18-5-3-4-16(22)19(18)24)10-25-26-20(28)15-7-6-14(21)9-17(15)23/h3-10H,1-2H3,(H,26,28)/b25-10-. The van der Waals surface area contributed by atoms with Crippen LogP contribution in [0.4, 0.5) is 0 Å². The summed E-state index contributed by atoms with van der Waals surface area (Å²) in [6.07, 6.45) is 1.57. The average Bonchev–Trinajstić information content (AvgIpc) is 2.91. The van der Waals surface area contributed by atoms with E-state index in [0.29, 0.717) is 20.6 Å². The van der Waals surface area contributed by atoms with Crippen LogP contribution in [0.3, 0.4) is 0 Å². The van der Waals surface area contributed by atoms with Crippen LogP contribution in [-0.4, -0.2) is 16.7 Å². The van der Waals surface area contributed by atoms with Gasteiger partial charge in [0.05, 0.1) is 32.5 Å². The van der Waals surface area contributed by atoms with Crippen LogP contribution in [0.15, 0.2) is 47.6 Å². The molecule has 2 aromatic carbocycles. The highest BCUT2D eigenvalue weighted by Crippen LogP contribution is 2.31. The first-order chi connectivity index (χ1) is 13.3. The number of hydrogen-bond acceptors (Lipinski definition) is 2. The van der Waals surface area contributed by atoms with Crippen molar-refractivity contribution in [1.82, 2.24) is 9.99 Å². The van der Waals surface area contributed by atoms with E-state index in [4.69, 9.17) is 46.4 Å². The molecule has 28 heavy (non-hydrogen) atoms. The molecule has 144 valence electrons. The van der Waals surface area contributed by atoms with Crippen LogP contribution >= 0.6 is 46.4 Å². The number of nitrogens with zero attached hydrogens (tertiary/aromatic N) is 2. The molecule has 8 heteroatoms. The van der Waals surface area contributed by atoms with Gasteiger partial charge in [0.2, 0.25) is 0 Å². The fourth-order valence-corrected chi connectivity index (χ4v) is 3.72. The second kappa shape index (κ2) is 8.58. The molecule has 1 heterocycles. The van der Waals surface area contributed by atoms with Gasteiger partial charge in [0.1, 0.15) is 0 Å². The first kappa shape index (κ1) is 20.7. The van der Waals surface area contributed by atoms with Gasteiger partial charge in [0, 0.05) is 22.0 Å². The lowest BCUT2D eigenvalue weighted by Gasteiger charge is -2.12. The molecular weight excluding hydrogens is 440 g/mol. The van der Waals surface area contributed by atoms with Gasteiger partial charge in [-0.2, -0.15) is 5.10 Å². The third kappa shape index (κ3) is 4.20. The smallest absolute Gasteiger partial charge is 0.272 e. The summed E-state index contributed by atoms with van der Waals surface area (Å²) >= 11 is 24.4. The Hall–Kier alpha value is -1.98. The van der Waals surface area contributed by atoms with E-state index in [9.17, 15) is 4.79 Å². The van der Waals surface area contributed by atoms with Crippen LogP contribution in [0.1, 0.15) is 27.3 Å².